The number of rotatable bonds is 2. The lowest BCUT2D eigenvalue weighted by molar-refractivity contribution is 0.464. The summed E-state index contributed by atoms with van der Waals surface area (Å²) in [5, 5.41) is 4.22. The normalized spacial score (nSPS) is 19.8. The minimum absolute atomic E-state index is 0.298. The quantitative estimate of drug-likeness (QED) is 0.873. The van der Waals surface area contributed by atoms with Crippen molar-refractivity contribution in [1.29, 1.82) is 0 Å². The molecular formula is C12H16N4O2S. The number of nitrogens with two attached hydrogens (primary N) is 1. The summed E-state index contributed by atoms with van der Waals surface area (Å²) in [6, 6.07) is 1.71. The monoisotopic (exact) mass is 280 g/mol. The van der Waals surface area contributed by atoms with E-state index in [1.54, 1.807) is 23.0 Å². The second kappa shape index (κ2) is 4.48. The first-order chi connectivity index (χ1) is 9.05. The Bertz CT molecular complexity index is 694. The van der Waals surface area contributed by atoms with Crippen LogP contribution < -0.4 is 5.73 Å². The van der Waals surface area contributed by atoms with Crippen LogP contribution in [0.25, 0.3) is 5.65 Å². The van der Waals surface area contributed by atoms with Crippen LogP contribution in [0.15, 0.2) is 18.5 Å². The molecular weight excluding hydrogens is 264 g/mol. The first kappa shape index (κ1) is 12.4. The van der Waals surface area contributed by atoms with E-state index in [0.717, 1.165) is 30.5 Å². The van der Waals surface area contributed by atoms with E-state index in [9.17, 15) is 8.42 Å². The molecule has 1 saturated heterocycles. The summed E-state index contributed by atoms with van der Waals surface area (Å²) in [7, 11) is -2.80. The highest BCUT2D eigenvalue weighted by Crippen LogP contribution is 2.24. The van der Waals surface area contributed by atoms with Gasteiger partial charge in [0.1, 0.15) is 15.7 Å². The lowest BCUT2D eigenvalue weighted by Crippen LogP contribution is -2.24. The fourth-order valence-corrected chi connectivity index (χ4v) is 4.14. The van der Waals surface area contributed by atoms with Gasteiger partial charge in [0.05, 0.1) is 17.7 Å². The molecule has 2 aromatic heterocycles. The van der Waals surface area contributed by atoms with Crippen molar-refractivity contribution in [2.45, 2.75) is 19.3 Å². The van der Waals surface area contributed by atoms with E-state index in [1.165, 1.54) is 0 Å². The summed E-state index contributed by atoms with van der Waals surface area (Å²) in [6.07, 6.45) is 5.71. The average Bonchev–Trinajstić information content (AvgIpc) is 2.77. The van der Waals surface area contributed by atoms with Crippen molar-refractivity contribution in [3.8, 4) is 0 Å². The number of anilines is 1. The summed E-state index contributed by atoms with van der Waals surface area (Å²) in [4.78, 5) is 4.30. The molecule has 102 valence electrons. The van der Waals surface area contributed by atoms with E-state index in [4.69, 9.17) is 5.73 Å². The predicted molar refractivity (Wildman–Crippen MR) is 72.5 cm³/mol. The Labute approximate surface area is 111 Å². The standard InChI is InChI=1S/C12H16N4O2S/c13-11-1-4-14-12-10(8-15-16(11)12)7-9-2-5-19(17,18)6-3-9/h1,4,8-9H,2-3,5-7,13H2. The number of aromatic nitrogens is 3. The Morgan fingerprint density at radius 1 is 1.37 bits per heavy atom. The molecule has 0 aliphatic carbocycles. The fourth-order valence-electron chi connectivity index (χ4n) is 2.56. The highest BCUT2D eigenvalue weighted by molar-refractivity contribution is 7.91. The van der Waals surface area contributed by atoms with Crippen LogP contribution in [0.5, 0.6) is 0 Å². The molecule has 2 aromatic rings. The van der Waals surface area contributed by atoms with Crippen LogP contribution >= 0.6 is 0 Å². The molecule has 1 aliphatic heterocycles. The summed E-state index contributed by atoms with van der Waals surface area (Å²) in [5.41, 5.74) is 7.63. The molecule has 1 aliphatic rings. The van der Waals surface area contributed by atoms with E-state index in [0.29, 0.717) is 23.2 Å². The van der Waals surface area contributed by atoms with Crippen molar-refractivity contribution < 1.29 is 8.42 Å². The highest BCUT2D eigenvalue weighted by Gasteiger charge is 2.24. The molecule has 0 spiro atoms. The van der Waals surface area contributed by atoms with Crippen LogP contribution in [0, 0.1) is 5.92 Å². The Morgan fingerprint density at radius 3 is 2.84 bits per heavy atom. The molecule has 0 unspecified atom stereocenters. The third kappa shape index (κ3) is 2.42. The Balaban J connectivity index is 1.81. The maximum atomic E-state index is 11.4. The lowest BCUT2D eigenvalue weighted by Gasteiger charge is -2.21. The second-order valence-electron chi connectivity index (χ2n) is 5.07. The number of sulfone groups is 1. The summed E-state index contributed by atoms with van der Waals surface area (Å²) in [6.45, 7) is 0. The Morgan fingerprint density at radius 2 is 2.11 bits per heavy atom. The van der Waals surface area contributed by atoms with Crippen LogP contribution in [-0.4, -0.2) is 34.5 Å². The van der Waals surface area contributed by atoms with Crippen LogP contribution in [0.1, 0.15) is 18.4 Å². The molecule has 0 saturated carbocycles. The van der Waals surface area contributed by atoms with E-state index in [2.05, 4.69) is 10.1 Å². The Hall–Kier alpha value is -1.63. The molecule has 3 rings (SSSR count). The van der Waals surface area contributed by atoms with Gasteiger partial charge in [-0.25, -0.2) is 13.4 Å². The molecule has 0 atom stereocenters. The Kier molecular flexibility index (Phi) is 2.93. The van der Waals surface area contributed by atoms with Gasteiger partial charge in [0.25, 0.3) is 0 Å². The summed E-state index contributed by atoms with van der Waals surface area (Å²) in [5.74, 6) is 1.54. The molecule has 0 amide bonds. The molecule has 6 nitrogen and oxygen atoms in total. The zero-order valence-corrected chi connectivity index (χ0v) is 11.3. The van der Waals surface area contributed by atoms with E-state index in [-0.39, 0.29) is 0 Å². The predicted octanol–water partition coefficient (Wildman–Crippen LogP) is 0.679. The zero-order chi connectivity index (χ0) is 13.5. The van der Waals surface area contributed by atoms with Gasteiger partial charge in [0, 0.05) is 11.8 Å². The summed E-state index contributed by atoms with van der Waals surface area (Å²) < 4.78 is 24.4. The molecule has 0 radical (unpaired) electrons. The van der Waals surface area contributed by atoms with Gasteiger partial charge in [-0.05, 0) is 31.2 Å². The number of fused-ring (bicyclic) bond motifs is 1. The molecule has 3 heterocycles. The first-order valence-corrected chi connectivity index (χ1v) is 8.15. The van der Waals surface area contributed by atoms with Crippen LogP contribution in [0.4, 0.5) is 5.82 Å². The lowest BCUT2D eigenvalue weighted by atomic mass is 9.95. The minimum Gasteiger partial charge on any atom is -0.384 e. The van der Waals surface area contributed by atoms with Crippen molar-refractivity contribution in [3.05, 3.63) is 24.0 Å². The van der Waals surface area contributed by atoms with Crippen LogP contribution in [-0.2, 0) is 16.3 Å². The third-order valence-electron chi connectivity index (χ3n) is 3.69. The van der Waals surface area contributed by atoms with Crippen molar-refractivity contribution in [1.82, 2.24) is 14.6 Å². The van der Waals surface area contributed by atoms with Crippen LogP contribution in [0.3, 0.4) is 0 Å². The van der Waals surface area contributed by atoms with Gasteiger partial charge < -0.3 is 5.73 Å². The van der Waals surface area contributed by atoms with Gasteiger partial charge in [-0.3, -0.25) is 0 Å². The van der Waals surface area contributed by atoms with E-state index in [1.807, 2.05) is 0 Å². The van der Waals surface area contributed by atoms with E-state index < -0.39 is 9.84 Å². The first-order valence-electron chi connectivity index (χ1n) is 6.33. The second-order valence-corrected chi connectivity index (χ2v) is 7.38. The summed E-state index contributed by atoms with van der Waals surface area (Å²) >= 11 is 0. The van der Waals surface area contributed by atoms with Gasteiger partial charge in [-0.1, -0.05) is 0 Å². The SMILES string of the molecule is Nc1ccnc2c(CC3CCS(=O)(=O)CC3)cnn12. The number of nitrogens with zero attached hydrogens (tertiary/aromatic N) is 3. The van der Waals surface area contributed by atoms with Crippen molar-refractivity contribution >= 4 is 21.3 Å². The molecule has 2 N–H and O–H groups in total. The third-order valence-corrected chi connectivity index (χ3v) is 5.40. The number of hydrogen-bond acceptors (Lipinski definition) is 5. The van der Waals surface area contributed by atoms with Gasteiger partial charge >= 0.3 is 0 Å². The van der Waals surface area contributed by atoms with Crippen molar-refractivity contribution in [2.75, 3.05) is 17.2 Å². The van der Waals surface area contributed by atoms with Crippen LogP contribution in [0.2, 0.25) is 0 Å². The molecule has 0 aromatic carbocycles. The van der Waals surface area contributed by atoms with Crippen molar-refractivity contribution in [2.24, 2.45) is 5.92 Å². The minimum atomic E-state index is -2.80. The average molecular weight is 280 g/mol. The molecule has 19 heavy (non-hydrogen) atoms. The molecule has 0 bridgehead atoms. The van der Waals surface area contributed by atoms with Gasteiger partial charge in [0.15, 0.2) is 5.65 Å². The fraction of sp³-hybridized carbons (Fsp3) is 0.500. The molecule has 7 heteroatoms. The van der Waals surface area contributed by atoms with Gasteiger partial charge in [-0.15, -0.1) is 0 Å². The maximum absolute atomic E-state index is 11.4. The van der Waals surface area contributed by atoms with Gasteiger partial charge in [0.2, 0.25) is 0 Å². The maximum Gasteiger partial charge on any atom is 0.160 e. The van der Waals surface area contributed by atoms with E-state index >= 15 is 0 Å². The van der Waals surface area contributed by atoms with Gasteiger partial charge in [-0.2, -0.15) is 9.61 Å². The van der Waals surface area contributed by atoms with Crippen molar-refractivity contribution in [3.63, 3.8) is 0 Å². The highest BCUT2D eigenvalue weighted by atomic mass is 32.2. The zero-order valence-electron chi connectivity index (χ0n) is 10.5. The largest absolute Gasteiger partial charge is 0.384 e. The number of nitrogen functional groups attached to an aromatic ring is 1. The number of hydrogen-bond donors (Lipinski definition) is 1. The topological polar surface area (TPSA) is 90.3 Å². The smallest absolute Gasteiger partial charge is 0.160 e. The molecule has 1 fully saturated rings.